The first-order chi connectivity index (χ1) is 7.99. The normalized spacial score (nSPS) is 12.8. The average Bonchev–Trinajstić information content (AvgIpc) is 2.69. The first-order valence-electron chi connectivity index (χ1n) is 4.84. The second kappa shape index (κ2) is 5.27. The Morgan fingerprint density at radius 3 is 2.59 bits per heavy atom. The Kier molecular flexibility index (Phi) is 4.14. The maximum Gasteiger partial charge on any atom is 0.127 e. The summed E-state index contributed by atoms with van der Waals surface area (Å²) in [6, 6.07) is 6.86. The molecule has 0 N–H and O–H groups in total. The fraction of sp³-hybridized carbons (Fsp3) is 0.167. The predicted octanol–water partition coefficient (Wildman–Crippen LogP) is 5.99. The number of aryl methyl sites for hydroxylation is 1. The minimum atomic E-state index is -0.289. The van der Waals surface area contributed by atoms with E-state index in [1.807, 2.05) is 12.1 Å². The van der Waals surface area contributed by atoms with Gasteiger partial charge in [0.1, 0.15) is 5.82 Å². The summed E-state index contributed by atoms with van der Waals surface area (Å²) in [5.41, 5.74) is 1.43. The van der Waals surface area contributed by atoms with Gasteiger partial charge in [-0.25, -0.2) is 4.39 Å². The molecule has 17 heavy (non-hydrogen) atoms. The minimum absolute atomic E-state index is 0.0631. The SMILES string of the molecule is Cc1cc(C(Br)c2ccc(Cl)s2)c(Cl)cc1F. The fourth-order valence-electron chi connectivity index (χ4n) is 1.49. The van der Waals surface area contributed by atoms with Gasteiger partial charge in [-0.3, -0.25) is 0 Å². The van der Waals surface area contributed by atoms with Crippen LogP contribution in [0.2, 0.25) is 9.36 Å². The van der Waals surface area contributed by atoms with Crippen molar-refractivity contribution in [3.05, 3.63) is 55.4 Å². The van der Waals surface area contributed by atoms with Crippen molar-refractivity contribution in [2.45, 2.75) is 11.8 Å². The lowest BCUT2D eigenvalue weighted by Crippen LogP contribution is -1.94. The van der Waals surface area contributed by atoms with Crippen LogP contribution in [0.5, 0.6) is 0 Å². The lowest BCUT2D eigenvalue weighted by atomic mass is 10.1. The third kappa shape index (κ3) is 2.84. The van der Waals surface area contributed by atoms with Crippen LogP contribution in [0.25, 0.3) is 0 Å². The van der Waals surface area contributed by atoms with Gasteiger partial charge in [0, 0.05) is 9.90 Å². The van der Waals surface area contributed by atoms with Crippen LogP contribution in [0.3, 0.4) is 0 Å². The maximum atomic E-state index is 13.3. The van der Waals surface area contributed by atoms with Crippen LogP contribution in [-0.4, -0.2) is 0 Å². The third-order valence-corrected chi connectivity index (χ3v) is 5.31. The molecule has 1 unspecified atom stereocenters. The van der Waals surface area contributed by atoms with Crippen molar-refractivity contribution in [2.75, 3.05) is 0 Å². The van der Waals surface area contributed by atoms with Gasteiger partial charge in [-0.2, -0.15) is 0 Å². The van der Waals surface area contributed by atoms with E-state index in [9.17, 15) is 4.39 Å². The van der Waals surface area contributed by atoms with Crippen molar-refractivity contribution < 1.29 is 4.39 Å². The number of thiophene rings is 1. The zero-order chi connectivity index (χ0) is 12.6. The van der Waals surface area contributed by atoms with Crippen LogP contribution in [-0.2, 0) is 0 Å². The molecule has 1 aromatic carbocycles. The van der Waals surface area contributed by atoms with Crippen LogP contribution in [0.1, 0.15) is 20.8 Å². The number of alkyl halides is 1. The van der Waals surface area contributed by atoms with Crippen LogP contribution in [0, 0.1) is 12.7 Å². The van der Waals surface area contributed by atoms with E-state index in [0.717, 1.165) is 14.8 Å². The molecule has 0 aliphatic heterocycles. The van der Waals surface area contributed by atoms with Crippen LogP contribution >= 0.6 is 50.5 Å². The number of halogens is 4. The Labute approximate surface area is 121 Å². The molecule has 1 aromatic heterocycles. The summed E-state index contributed by atoms with van der Waals surface area (Å²) in [7, 11) is 0. The zero-order valence-corrected chi connectivity index (χ0v) is 12.7. The lowest BCUT2D eigenvalue weighted by Gasteiger charge is -2.11. The quantitative estimate of drug-likeness (QED) is 0.582. The Morgan fingerprint density at radius 2 is 2.00 bits per heavy atom. The standard InChI is InChI=1S/C12H8BrCl2FS/c1-6-4-7(8(14)5-9(6)16)12(13)10-2-3-11(15)17-10/h2-5,12H,1H3. The van der Waals surface area contributed by atoms with Gasteiger partial charge >= 0.3 is 0 Å². The van der Waals surface area contributed by atoms with Gasteiger partial charge in [-0.05, 0) is 36.2 Å². The Bertz CT molecular complexity index is 553. The molecule has 0 nitrogen and oxygen atoms in total. The first kappa shape index (κ1) is 13.3. The largest absolute Gasteiger partial charge is 0.207 e. The highest BCUT2D eigenvalue weighted by molar-refractivity contribution is 9.09. The minimum Gasteiger partial charge on any atom is -0.207 e. The summed E-state index contributed by atoms with van der Waals surface area (Å²) in [5, 5.41) is 0.416. The smallest absolute Gasteiger partial charge is 0.127 e. The summed E-state index contributed by atoms with van der Waals surface area (Å²) in [4.78, 5) is 0.981. The fourth-order valence-corrected chi connectivity index (χ4v) is 3.75. The third-order valence-electron chi connectivity index (χ3n) is 2.39. The summed E-state index contributed by atoms with van der Waals surface area (Å²) in [5.74, 6) is -0.289. The van der Waals surface area contributed by atoms with Crippen LogP contribution < -0.4 is 0 Å². The number of benzene rings is 1. The van der Waals surface area contributed by atoms with Crippen molar-refractivity contribution in [1.82, 2.24) is 0 Å². The Hall–Kier alpha value is -0.0900. The second-order valence-electron chi connectivity index (χ2n) is 3.63. The molecule has 0 aliphatic carbocycles. The summed E-state index contributed by atoms with van der Waals surface area (Å²) < 4.78 is 14.0. The molecule has 90 valence electrons. The predicted molar refractivity (Wildman–Crippen MR) is 76.2 cm³/mol. The number of hydrogen-bond acceptors (Lipinski definition) is 1. The molecule has 0 bridgehead atoms. The van der Waals surface area contributed by atoms with E-state index in [4.69, 9.17) is 23.2 Å². The highest BCUT2D eigenvalue weighted by Crippen LogP contribution is 2.40. The molecule has 0 fully saturated rings. The van der Waals surface area contributed by atoms with E-state index in [0.29, 0.717) is 10.6 Å². The van der Waals surface area contributed by atoms with E-state index in [1.165, 1.54) is 17.4 Å². The molecule has 2 rings (SSSR count). The van der Waals surface area contributed by atoms with Gasteiger partial charge < -0.3 is 0 Å². The van der Waals surface area contributed by atoms with Crippen LogP contribution in [0.4, 0.5) is 4.39 Å². The van der Waals surface area contributed by atoms with Gasteiger partial charge in [0.2, 0.25) is 0 Å². The molecular weight excluding hydrogens is 346 g/mol. The molecule has 0 amide bonds. The van der Waals surface area contributed by atoms with Gasteiger partial charge in [-0.1, -0.05) is 45.2 Å². The average molecular weight is 354 g/mol. The van der Waals surface area contributed by atoms with E-state index < -0.39 is 0 Å². The van der Waals surface area contributed by atoms with Crippen molar-refractivity contribution in [1.29, 1.82) is 0 Å². The van der Waals surface area contributed by atoms with Crippen molar-refractivity contribution in [3.63, 3.8) is 0 Å². The Balaban J connectivity index is 2.43. The van der Waals surface area contributed by atoms with E-state index in [-0.39, 0.29) is 10.6 Å². The van der Waals surface area contributed by atoms with Crippen molar-refractivity contribution >= 4 is 50.5 Å². The van der Waals surface area contributed by atoms with E-state index in [1.54, 1.807) is 13.0 Å². The van der Waals surface area contributed by atoms with Gasteiger partial charge in [0.15, 0.2) is 0 Å². The molecule has 0 saturated heterocycles. The topological polar surface area (TPSA) is 0 Å². The molecule has 0 radical (unpaired) electrons. The monoisotopic (exact) mass is 352 g/mol. The van der Waals surface area contributed by atoms with Gasteiger partial charge in [0.25, 0.3) is 0 Å². The molecule has 1 atom stereocenters. The summed E-state index contributed by atoms with van der Waals surface area (Å²) >= 11 is 17.0. The molecule has 0 spiro atoms. The summed E-state index contributed by atoms with van der Waals surface area (Å²) in [6.07, 6.45) is 0. The van der Waals surface area contributed by atoms with E-state index in [2.05, 4.69) is 15.9 Å². The lowest BCUT2D eigenvalue weighted by molar-refractivity contribution is 0.618. The number of hydrogen-bond donors (Lipinski definition) is 0. The molecule has 0 saturated carbocycles. The maximum absolute atomic E-state index is 13.3. The molecule has 5 heteroatoms. The highest BCUT2D eigenvalue weighted by atomic mass is 79.9. The second-order valence-corrected chi connectivity index (χ2v) is 6.70. The molecule has 1 heterocycles. The Morgan fingerprint density at radius 1 is 1.29 bits per heavy atom. The van der Waals surface area contributed by atoms with Crippen molar-refractivity contribution in [3.8, 4) is 0 Å². The molecule has 2 aromatic rings. The summed E-state index contributed by atoms with van der Waals surface area (Å²) in [6.45, 7) is 1.72. The molecule has 0 aliphatic rings. The number of rotatable bonds is 2. The van der Waals surface area contributed by atoms with Gasteiger partial charge in [0.05, 0.1) is 9.16 Å². The van der Waals surface area contributed by atoms with Crippen LogP contribution in [0.15, 0.2) is 24.3 Å². The van der Waals surface area contributed by atoms with Gasteiger partial charge in [-0.15, -0.1) is 11.3 Å². The van der Waals surface area contributed by atoms with Crippen molar-refractivity contribution in [2.24, 2.45) is 0 Å². The first-order valence-corrected chi connectivity index (χ1v) is 7.32. The van der Waals surface area contributed by atoms with E-state index >= 15 is 0 Å². The molecular formula is C12H8BrCl2FS. The highest BCUT2D eigenvalue weighted by Gasteiger charge is 2.17. The zero-order valence-electron chi connectivity index (χ0n) is 8.81.